The number of nitrogens with zero attached hydrogens (tertiary/aromatic N) is 1. The molecular weight excluding hydrogens is 340 g/mol. The molecule has 2 N–H and O–H groups in total. The topological polar surface area (TPSA) is 64.8 Å². The van der Waals surface area contributed by atoms with Crippen molar-refractivity contribution in [2.24, 2.45) is 11.7 Å². The molecule has 1 saturated carbocycles. The second-order valence-electron chi connectivity index (χ2n) is 7.84. The Morgan fingerprint density at radius 1 is 1.04 bits per heavy atom. The quantitative estimate of drug-likeness (QED) is 0.706. The molecule has 5 heteroatoms. The van der Waals surface area contributed by atoms with Crippen LogP contribution in [-0.4, -0.2) is 49.8 Å². The zero-order valence-corrected chi connectivity index (χ0v) is 16.4. The Morgan fingerprint density at radius 2 is 1.74 bits per heavy atom. The molecule has 2 aliphatic rings. The summed E-state index contributed by atoms with van der Waals surface area (Å²) in [7, 11) is 0. The van der Waals surface area contributed by atoms with Crippen molar-refractivity contribution in [3.05, 3.63) is 29.8 Å². The minimum atomic E-state index is 0.106. The van der Waals surface area contributed by atoms with Crippen LogP contribution in [0.25, 0.3) is 0 Å². The van der Waals surface area contributed by atoms with Crippen molar-refractivity contribution in [3.63, 3.8) is 0 Å². The van der Waals surface area contributed by atoms with Gasteiger partial charge in [0.2, 0.25) is 0 Å². The van der Waals surface area contributed by atoms with E-state index in [1.807, 2.05) is 29.2 Å². The fourth-order valence-corrected chi connectivity index (χ4v) is 4.00. The highest BCUT2D eigenvalue weighted by molar-refractivity contribution is 5.94. The third kappa shape index (κ3) is 6.22. The van der Waals surface area contributed by atoms with Crippen LogP contribution in [0, 0.1) is 5.92 Å². The molecule has 27 heavy (non-hydrogen) atoms. The number of carbonyl (C=O) groups is 1. The molecule has 1 aliphatic heterocycles. The highest BCUT2D eigenvalue weighted by atomic mass is 16.5. The van der Waals surface area contributed by atoms with Gasteiger partial charge in [0.25, 0.3) is 5.91 Å². The Bertz CT molecular complexity index is 561. The third-order valence-electron chi connectivity index (χ3n) is 5.74. The van der Waals surface area contributed by atoms with Gasteiger partial charge in [-0.2, -0.15) is 0 Å². The predicted octanol–water partition coefficient (Wildman–Crippen LogP) is 3.62. The Kier molecular flexibility index (Phi) is 7.96. The van der Waals surface area contributed by atoms with Crippen molar-refractivity contribution in [2.75, 3.05) is 32.8 Å². The average Bonchev–Trinajstić information content (AvgIpc) is 2.74. The van der Waals surface area contributed by atoms with Crippen molar-refractivity contribution in [1.82, 2.24) is 4.90 Å². The standard InChI is InChI=1S/C22H34N2O3/c23-13-4-16-26-21-11-14-24(15-12-21)22(25)19-7-9-20(10-8-19)27-17-18-5-2-1-3-6-18/h7-10,18,21H,1-6,11-17,23H2. The number of hydrogen-bond acceptors (Lipinski definition) is 4. The number of likely N-dealkylation sites (tertiary alicyclic amines) is 1. The van der Waals surface area contributed by atoms with Gasteiger partial charge in [-0.05, 0) is 68.8 Å². The lowest BCUT2D eigenvalue weighted by Crippen LogP contribution is -2.41. The van der Waals surface area contributed by atoms with E-state index in [9.17, 15) is 4.79 Å². The van der Waals surface area contributed by atoms with Crippen LogP contribution in [0.1, 0.15) is 61.7 Å². The van der Waals surface area contributed by atoms with Crippen LogP contribution in [0.15, 0.2) is 24.3 Å². The van der Waals surface area contributed by atoms with Crippen molar-refractivity contribution in [2.45, 2.75) is 57.5 Å². The number of nitrogens with two attached hydrogens (primary N) is 1. The summed E-state index contributed by atoms with van der Waals surface area (Å²) in [6, 6.07) is 7.64. The monoisotopic (exact) mass is 374 g/mol. The summed E-state index contributed by atoms with van der Waals surface area (Å²) in [5.41, 5.74) is 6.23. The van der Waals surface area contributed by atoms with Gasteiger partial charge in [-0.15, -0.1) is 0 Å². The Labute approximate surface area is 163 Å². The molecule has 0 aromatic heterocycles. The molecule has 1 aromatic carbocycles. The summed E-state index contributed by atoms with van der Waals surface area (Å²) in [4.78, 5) is 14.6. The zero-order valence-electron chi connectivity index (χ0n) is 16.4. The highest BCUT2D eigenvalue weighted by Crippen LogP contribution is 2.25. The number of ether oxygens (including phenoxy) is 2. The number of carbonyl (C=O) groups excluding carboxylic acids is 1. The number of rotatable bonds is 8. The first-order chi connectivity index (χ1) is 13.3. The van der Waals surface area contributed by atoms with Gasteiger partial charge in [0.1, 0.15) is 5.75 Å². The molecular formula is C22H34N2O3. The van der Waals surface area contributed by atoms with Crippen molar-refractivity contribution >= 4 is 5.91 Å². The molecule has 0 unspecified atom stereocenters. The molecule has 1 saturated heterocycles. The summed E-state index contributed by atoms with van der Waals surface area (Å²) < 4.78 is 11.8. The van der Waals surface area contributed by atoms with Crippen molar-refractivity contribution in [3.8, 4) is 5.75 Å². The molecule has 0 bridgehead atoms. The number of piperidine rings is 1. The average molecular weight is 375 g/mol. The summed E-state index contributed by atoms with van der Waals surface area (Å²) in [6.07, 6.45) is 9.55. The summed E-state index contributed by atoms with van der Waals surface area (Å²) in [6.45, 7) is 3.69. The molecule has 3 rings (SSSR count). The Morgan fingerprint density at radius 3 is 2.41 bits per heavy atom. The van der Waals surface area contributed by atoms with Crippen LogP contribution < -0.4 is 10.5 Å². The number of hydrogen-bond donors (Lipinski definition) is 1. The lowest BCUT2D eigenvalue weighted by atomic mass is 9.90. The maximum atomic E-state index is 12.7. The van der Waals surface area contributed by atoms with E-state index in [0.29, 0.717) is 12.5 Å². The van der Waals surface area contributed by atoms with E-state index in [4.69, 9.17) is 15.2 Å². The van der Waals surface area contributed by atoms with E-state index in [2.05, 4.69) is 0 Å². The van der Waals surface area contributed by atoms with Crippen molar-refractivity contribution < 1.29 is 14.3 Å². The second-order valence-corrected chi connectivity index (χ2v) is 7.84. The maximum absolute atomic E-state index is 12.7. The van der Waals surface area contributed by atoms with Crippen LogP contribution in [0.2, 0.25) is 0 Å². The van der Waals surface area contributed by atoms with Gasteiger partial charge in [-0.3, -0.25) is 4.79 Å². The van der Waals surface area contributed by atoms with E-state index < -0.39 is 0 Å². The number of benzene rings is 1. The smallest absolute Gasteiger partial charge is 0.253 e. The molecule has 0 atom stereocenters. The Balaban J connectivity index is 1.42. The molecule has 1 aliphatic carbocycles. The predicted molar refractivity (Wildman–Crippen MR) is 107 cm³/mol. The van der Waals surface area contributed by atoms with Gasteiger partial charge < -0.3 is 20.1 Å². The molecule has 1 aromatic rings. The molecule has 150 valence electrons. The third-order valence-corrected chi connectivity index (χ3v) is 5.74. The number of amides is 1. The summed E-state index contributed by atoms with van der Waals surface area (Å²) in [5.74, 6) is 1.66. The van der Waals surface area contributed by atoms with Crippen LogP contribution in [0.5, 0.6) is 5.75 Å². The first-order valence-corrected chi connectivity index (χ1v) is 10.6. The summed E-state index contributed by atoms with van der Waals surface area (Å²) in [5, 5.41) is 0. The zero-order chi connectivity index (χ0) is 18.9. The summed E-state index contributed by atoms with van der Waals surface area (Å²) >= 11 is 0. The van der Waals surface area contributed by atoms with E-state index in [1.165, 1.54) is 32.1 Å². The van der Waals surface area contributed by atoms with Crippen LogP contribution in [0.3, 0.4) is 0 Å². The van der Waals surface area contributed by atoms with E-state index in [0.717, 1.165) is 56.9 Å². The van der Waals surface area contributed by atoms with Gasteiger partial charge in [-0.1, -0.05) is 19.3 Å². The van der Waals surface area contributed by atoms with Gasteiger partial charge in [0.15, 0.2) is 0 Å². The normalized spacial score (nSPS) is 19.2. The second kappa shape index (κ2) is 10.7. The minimum Gasteiger partial charge on any atom is -0.493 e. The lowest BCUT2D eigenvalue weighted by Gasteiger charge is -2.32. The molecule has 0 spiro atoms. The van der Waals surface area contributed by atoms with Gasteiger partial charge in [-0.25, -0.2) is 0 Å². The van der Waals surface area contributed by atoms with Crippen LogP contribution >= 0.6 is 0 Å². The SMILES string of the molecule is NCCCOC1CCN(C(=O)c2ccc(OCC3CCCCC3)cc2)CC1. The fourth-order valence-electron chi connectivity index (χ4n) is 4.00. The van der Waals surface area contributed by atoms with Crippen LogP contribution in [0.4, 0.5) is 0 Å². The molecule has 1 heterocycles. The van der Waals surface area contributed by atoms with E-state index in [-0.39, 0.29) is 12.0 Å². The first kappa shape index (κ1) is 20.2. The maximum Gasteiger partial charge on any atom is 0.253 e. The van der Waals surface area contributed by atoms with E-state index in [1.54, 1.807) is 0 Å². The molecule has 5 nitrogen and oxygen atoms in total. The van der Waals surface area contributed by atoms with Gasteiger partial charge in [0, 0.05) is 25.3 Å². The Hall–Kier alpha value is -1.59. The highest BCUT2D eigenvalue weighted by Gasteiger charge is 2.24. The van der Waals surface area contributed by atoms with Gasteiger partial charge >= 0.3 is 0 Å². The molecule has 0 radical (unpaired) electrons. The minimum absolute atomic E-state index is 0.106. The lowest BCUT2D eigenvalue weighted by molar-refractivity contribution is 0.00844. The molecule has 1 amide bonds. The van der Waals surface area contributed by atoms with E-state index >= 15 is 0 Å². The van der Waals surface area contributed by atoms with Crippen LogP contribution in [-0.2, 0) is 4.74 Å². The fraction of sp³-hybridized carbons (Fsp3) is 0.682. The molecule has 2 fully saturated rings. The largest absolute Gasteiger partial charge is 0.493 e. The first-order valence-electron chi connectivity index (χ1n) is 10.6. The van der Waals surface area contributed by atoms with Gasteiger partial charge in [0.05, 0.1) is 12.7 Å². The van der Waals surface area contributed by atoms with Crippen molar-refractivity contribution in [1.29, 1.82) is 0 Å².